The summed E-state index contributed by atoms with van der Waals surface area (Å²) in [5, 5.41) is 21.5. The number of nitrogens with two attached hydrogens (primary N) is 1. The maximum absolute atomic E-state index is 12.2. The molecule has 3 aromatic carbocycles. The summed E-state index contributed by atoms with van der Waals surface area (Å²) in [6.45, 7) is 7.31. The molecule has 0 fully saturated rings. The number of hydrogen-bond donors (Lipinski definition) is 3. The van der Waals surface area contributed by atoms with Crippen LogP contribution in [0.1, 0.15) is 35.3 Å². The van der Waals surface area contributed by atoms with Crippen LogP contribution in [0.2, 0.25) is 0 Å². The Balaban J connectivity index is 0.000000209. The molecule has 0 radical (unpaired) electrons. The minimum absolute atomic E-state index is 0.114. The molecular formula is C32H32N2O8. The van der Waals surface area contributed by atoms with Gasteiger partial charge in [-0.2, -0.15) is 0 Å². The second-order valence-electron chi connectivity index (χ2n) is 9.39. The first-order valence-corrected chi connectivity index (χ1v) is 13.5. The van der Waals surface area contributed by atoms with E-state index in [9.17, 15) is 24.6 Å². The molecule has 10 heteroatoms. The molecule has 42 heavy (non-hydrogen) atoms. The number of aromatic hydroxyl groups is 2. The molecule has 0 bridgehead atoms. The Morgan fingerprint density at radius 3 is 1.74 bits per heavy atom. The summed E-state index contributed by atoms with van der Waals surface area (Å²) in [6.07, 6.45) is -0.308. The van der Waals surface area contributed by atoms with Gasteiger partial charge in [-0.15, -0.1) is 0 Å². The molecule has 0 aliphatic rings. The molecule has 0 saturated carbocycles. The lowest BCUT2D eigenvalue weighted by Crippen LogP contribution is -2.27. The molecule has 2 aromatic heterocycles. The van der Waals surface area contributed by atoms with Crippen molar-refractivity contribution in [2.45, 2.75) is 20.3 Å². The van der Waals surface area contributed by atoms with Crippen molar-refractivity contribution in [2.75, 3.05) is 32.0 Å². The van der Waals surface area contributed by atoms with Gasteiger partial charge in [0.05, 0.1) is 27.5 Å². The summed E-state index contributed by atoms with van der Waals surface area (Å²) in [6, 6.07) is 19.8. The summed E-state index contributed by atoms with van der Waals surface area (Å²) in [4.78, 5) is 38.2. The molecule has 0 atom stereocenters. The number of likely N-dealkylation sites (N-methyl/N-ethyl adjacent to an activating group) is 1. The zero-order valence-electron chi connectivity index (χ0n) is 23.3. The largest absolute Gasteiger partial charge is 0.507 e. The smallest absolute Gasteiger partial charge is 0.343 e. The summed E-state index contributed by atoms with van der Waals surface area (Å²) >= 11 is 0. The zero-order valence-corrected chi connectivity index (χ0v) is 23.3. The molecule has 218 valence electrons. The molecule has 0 saturated heterocycles. The van der Waals surface area contributed by atoms with Crippen LogP contribution >= 0.6 is 0 Å². The highest BCUT2D eigenvalue weighted by atomic mass is 16.5. The van der Waals surface area contributed by atoms with Gasteiger partial charge in [0.25, 0.3) is 0 Å². The number of anilines is 1. The van der Waals surface area contributed by atoms with E-state index in [0.29, 0.717) is 28.6 Å². The van der Waals surface area contributed by atoms with E-state index in [1.165, 1.54) is 0 Å². The Kier molecular flexibility index (Phi) is 9.61. The Hall–Kier alpha value is -5.09. The summed E-state index contributed by atoms with van der Waals surface area (Å²) in [7, 11) is 0. The summed E-state index contributed by atoms with van der Waals surface area (Å²) in [5.74, 6) is -0.852. The number of fused-ring (bicyclic) bond motifs is 2. The van der Waals surface area contributed by atoms with Crippen LogP contribution in [0, 0.1) is 0 Å². The molecular weight excluding hydrogens is 540 g/mol. The fraction of sp³-hybridized carbons (Fsp3) is 0.219. The fourth-order valence-corrected chi connectivity index (χ4v) is 4.34. The number of rotatable bonds is 8. The number of para-hydroxylation sites is 2. The predicted octanol–water partition coefficient (Wildman–Crippen LogP) is 4.67. The van der Waals surface area contributed by atoms with E-state index >= 15 is 0 Å². The van der Waals surface area contributed by atoms with Gasteiger partial charge in [-0.05, 0) is 61.6 Å². The van der Waals surface area contributed by atoms with E-state index < -0.39 is 11.3 Å². The van der Waals surface area contributed by atoms with E-state index in [2.05, 4.69) is 18.7 Å². The van der Waals surface area contributed by atoms with Crippen molar-refractivity contribution in [2.24, 2.45) is 0 Å². The molecule has 0 aliphatic heterocycles. The Morgan fingerprint density at radius 2 is 1.26 bits per heavy atom. The number of hydrogen-bond acceptors (Lipinski definition) is 10. The van der Waals surface area contributed by atoms with Gasteiger partial charge in [0, 0.05) is 18.7 Å². The minimum Gasteiger partial charge on any atom is -0.507 e. The van der Waals surface area contributed by atoms with E-state index in [1.807, 2.05) is 0 Å². The molecule has 0 amide bonds. The summed E-state index contributed by atoms with van der Waals surface area (Å²) < 4.78 is 15.5. The van der Waals surface area contributed by atoms with E-state index in [4.69, 9.17) is 19.3 Å². The molecule has 2 heterocycles. The van der Waals surface area contributed by atoms with Gasteiger partial charge >= 0.3 is 17.2 Å². The van der Waals surface area contributed by atoms with Gasteiger partial charge in [0.2, 0.25) is 0 Å². The van der Waals surface area contributed by atoms with Crippen molar-refractivity contribution in [1.82, 2.24) is 4.90 Å². The van der Waals surface area contributed by atoms with Gasteiger partial charge in [-0.1, -0.05) is 38.1 Å². The van der Waals surface area contributed by atoms with Crippen molar-refractivity contribution in [1.29, 1.82) is 0 Å². The average molecular weight is 573 g/mol. The van der Waals surface area contributed by atoms with Crippen LogP contribution in [0.5, 0.6) is 11.5 Å². The quantitative estimate of drug-likeness (QED) is 0.136. The topological polar surface area (TPSA) is 156 Å². The number of esters is 1. The number of benzene rings is 3. The molecule has 5 aromatic rings. The lowest BCUT2D eigenvalue weighted by molar-refractivity contribution is 0.0466. The lowest BCUT2D eigenvalue weighted by Gasteiger charge is -2.17. The van der Waals surface area contributed by atoms with Gasteiger partial charge in [-0.25, -0.2) is 14.4 Å². The van der Waals surface area contributed by atoms with Crippen LogP contribution in [-0.2, 0) is 11.2 Å². The minimum atomic E-state index is -0.775. The Labute approximate surface area is 241 Å². The summed E-state index contributed by atoms with van der Waals surface area (Å²) in [5.41, 5.74) is 5.43. The van der Waals surface area contributed by atoms with Crippen molar-refractivity contribution in [3.8, 4) is 11.5 Å². The average Bonchev–Trinajstić information content (AvgIpc) is 2.99. The van der Waals surface area contributed by atoms with Crippen LogP contribution in [0.3, 0.4) is 0 Å². The van der Waals surface area contributed by atoms with Crippen molar-refractivity contribution >= 4 is 33.6 Å². The highest BCUT2D eigenvalue weighted by Crippen LogP contribution is 2.31. The van der Waals surface area contributed by atoms with Crippen LogP contribution < -0.4 is 17.0 Å². The molecule has 5 rings (SSSR count). The number of nitrogens with zero attached hydrogens (tertiary/aromatic N) is 1. The monoisotopic (exact) mass is 572 g/mol. The van der Waals surface area contributed by atoms with Gasteiger partial charge in [-0.3, -0.25) is 0 Å². The third kappa shape index (κ3) is 6.79. The van der Waals surface area contributed by atoms with Crippen LogP contribution in [0.15, 0.2) is 91.2 Å². The Morgan fingerprint density at radius 1 is 0.786 bits per heavy atom. The highest BCUT2D eigenvalue weighted by molar-refractivity contribution is 5.89. The van der Waals surface area contributed by atoms with Crippen LogP contribution in [-0.4, -0.2) is 47.3 Å². The van der Waals surface area contributed by atoms with Crippen LogP contribution in [0.25, 0.3) is 21.9 Å². The van der Waals surface area contributed by atoms with Gasteiger partial charge < -0.3 is 34.4 Å². The van der Waals surface area contributed by atoms with Crippen molar-refractivity contribution in [3.05, 3.63) is 110 Å². The molecule has 10 nitrogen and oxygen atoms in total. The maximum atomic E-state index is 12.2. The fourth-order valence-electron chi connectivity index (χ4n) is 4.34. The normalized spacial score (nSPS) is 10.9. The number of nitrogen functional groups attached to an aromatic ring is 1. The second kappa shape index (κ2) is 13.5. The van der Waals surface area contributed by atoms with Gasteiger partial charge in [0.15, 0.2) is 0 Å². The molecule has 0 spiro atoms. The van der Waals surface area contributed by atoms with E-state index in [0.717, 1.165) is 19.6 Å². The van der Waals surface area contributed by atoms with E-state index in [1.54, 1.807) is 72.8 Å². The third-order valence-electron chi connectivity index (χ3n) is 6.79. The molecule has 0 unspecified atom stereocenters. The first-order chi connectivity index (χ1) is 20.2. The van der Waals surface area contributed by atoms with Gasteiger partial charge in [0.1, 0.15) is 29.3 Å². The van der Waals surface area contributed by atoms with E-state index in [-0.39, 0.29) is 46.2 Å². The predicted molar refractivity (Wildman–Crippen MR) is 160 cm³/mol. The van der Waals surface area contributed by atoms with Crippen molar-refractivity contribution in [3.63, 3.8) is 0 Å². The first kappa shape index (κ1) is 29.9. The highest BCUT2D eigenvalue weighted by Gasteiger charge is 2.20. The third-order valence-corrected chi connectivity index (χ3v) is 6.79. The maximum Gasteiger partial charge on any atom is 0.343 e. The number of ether oxygens (including phenoxy) is 1. The number of carbonyl (C=O) groups is 1. The zero-order chi connectivity index (χ0) is 30.2. The van der Waals surface area contributed by atoms with Crippen LogP contribution in [0.4, 0.5) is 5.69 Å². The standard InChI is InChI=1S/C19H12O6.C13H20N2O2/c20-16-10-5-1-3-7-14(10)24-18(22)12(16)9-13-17(21)11-6-2-4-8-15(11)25-19(13)23;1-3-15(4-2)9-10-17-13(16)11-5-7-12(14)8-6-11/h1-8,20-21H,9H2;5-8H,3-4,9-10,14H2,1-2H3. The first-order valence-electron chi connectivity index (χ1n) is 13.5. The Bertz CT molecular complexity index is 1710. The molecule has 4 N–H and O–H groups in total. The second-order valence-corrected chi connectivity index (χ2v) is 9.39. The lowest BCUT2D eigenvalue weighted by atomic mass is 10.0. The van der Waals surface area contributed by atoms with Crippen molar-refractivity contribution < 1.29 is 28.6 Å². The number of carbonyl (C=O) groups excluding carboxylic acids is 1. The SMILES string of the molecule is CCN(CC)CCOC(=O)c1ccc(N)cc1.O=c1oc2ccccc2c(O)c1Cc1c(O)c2ccccc2oc1=O. The molecule has 0 aliphatic carbocycles.